The molecule has 2 rings (SSSR count). The van der Waals surface area contributed by atoms with Crippen LogP contribution in [-0.2, 0) is 5.33 Å². The molecule has 0 heterocycles. The Kier molecular flexibility index (Phi) is 2.50. The number of hydrogen-bond donors (Lipinski definition) is 0. The summed E-state index contributed by atoms with van der Waals surface area (Å²) < 4.78 is 0. The molecule has 0 nitrogen and oxygen atoms in total. The molecule has 0 atom stereocenters. The molecule has 0 radical (unpaired) electrons. The van der Waals surface area contributed by atoms with E-state index < -0.39 is 0 Å². The van der Waals surface area contributed by atoms with E-state index in [4.69, 9.17) is 0 Å². The average Bonchev–Trinajstić information content (AvgIpc) is 2.02. The summed E-state index contributed by atoms with van der Waals surface area (Å²) in [6, 6.07) is 8.94. The topological polar surface area (TPSA) is 0 Å². The van der Waals surface area contributed by atoms with E-state index in [1.807, 2.05) is 0 Å². The molecule has 1 heteroatoms. The van der Waals surface area contributed by atoms with Gasteiger partial charge in [-0.3, -0.25) is 0 Å². The van der Waals surface area contributed by atoms with E-state index in [2.05, 4.69) is 40.2 Å². The Hall–Kier alpha value is -0.300. The molecule has 64 valence electrons. The zero-order valence-electron chi connectivity index (χ0n) is 7.09. The highest BCUT2D eigenvalue weighted by molar-refractivity contribution is 9.08. The molecule has 1 saturated carbocycles. The summed E-state index contributed by atoms with van der Waals surface area (Å²) in [6.45, 7) is 0. The highest BCUT2D eigenvalue weighted by atomic mass is 79.9. The van der Waals surface area contributed by atoms with Crippen LogP contribution in [0.5, 0.6) is 0 Å². The predicted octanol–water partition coefficient (Wildman–Crippen LogP) is 3.85. The van der Waals surface area contributed by atoms with E-state index in [1.165, 1.54) is 24.8 Å². The van der Waals surface area contributed by atoms with E-state index >= 15 is 0 Å². The zero-order valence-corrected chi connectivity index (χ0v) is 8.68. The average molecular weight is 225 g/mol. The van der Waals surface area contributed by atoms with Crippen LogP contribution in [0.25, 0.3) is 0 Å². The van der Waals surface area contributed by atoms with Crippen molar-refractivity contribution in [3.8, 4) is 0 Å². The van der Waals surface area contributed by atoms with Gasteiger partial charge in [0.15, 0.2) is 0 Å². The predicted molar refractivity (Wildman–Crippen MR) is 55.7 cm³/mol. The third kappa shape index (κ3) is 1.56. The van der Waals surface area contributed by atoms with Crippen LogP contribution in [0.2, 0.25) is 0 Å². The highest BCUT2D eigenvalue weighted by Crippen LogP contribution is 2.36. The summed E-state index contributed by atoms with van der Waals surface area (Å²) in [5.74, 6) is 0.865. The van der Waals surface area contributed by atoms with Gasteiger partial charge in [-0.1, -0.05) is 46.6 Å². The van der Waals surface area contributed by atoms with Gasteiger partial charge < -0.3 is 0 Å². The first-order valence-corrected chi connectivity index (χ1v) is 5.67. The smallest absolute Gasteiger partial charge is 0.0283 e. The Balaban J connectivity index is 2.19. The fourth-order valence-electron chi connectivity index (χ4n) is 1.67. The van der Waals surface area contributed by atoms with Crippen LogP contribution in [0.15, 0.2) is 24.3 Å². The lowest BCUT2D eigenvalue weighted by atomic mass is 9.80. The second-order valence-electron chi connectivity index (χ2n) is 3.51. The van der Waals surface area contributed by atoms with Crippen LogP contribution in [0.3, 0.4) is 0 Å². The van der Waals surface area contributed by atoms with Crippen LogP contribution >= 0.6 is 15.9 Å². The third-order valence-corrected chi connectivity index (χ3v) is 3.33. The van der Waals surface area contributed by atoms with E-state index in [-0.39, 0.29) is 0 Å². The first-order valence-electron chi connectivity index (χ1n) is 4.55. The summed E-state index contributed by atoms with van der Waals surface area (Å²) in [6.07, 6.45) is 4.21. The molecule has 1 aromatic rings. The Morgan fingerprint density at radius 2 is 2.17 bits per heavy atom. The van der Waals surface area contributed by atoms with Crippen LogP contribution < -0.4 is 0 Å². The minimum atomic E-state index is 0.865. The first-order chi connectivity index (χ1) is 5.90. The van der Waals surface area contributed by atoms with Gasteiger partial charge in [0.25, 0.3) is 0 Å². The van der Waals surface area contributed by atoms with Gasteiger partial charge in [-0.15, -0.1) is 0 Å². The fourth-order valence-corrected chi connectivity index (χ4v) is 2.02. The largest absolute Gasteiger partial charge is 0.0876 e. The lowest BCUT2D eigenvalue weighted by Crippen LogP contribution is -2.08. The molecule has 0 spiro atoms. The highest BCUT2D eigenvalue weighted by Gasteiger charge is 2.18. The normalized spacial score (nSPS) is 17.4. The second-order valence-corrected chi connectivity index (χ2v) is 4.07. The maximum Gasteiger partial charge on any atom is 0.0283 e. The second kappa shape index (κ2) is 3.61. The molecule has 0 aliphatic heterocycles. The van der Waals surface area contributed by atoms with Gasteiger partial charge in [0.2, 0.25) is 0 Å². The van der Waals surface area contributed by atoms with Gasteiger partial charge in [-0.05, 0) is 29.9 Å². The van der Waals surface area contributed by atoms with Crippen LogP contribution in [0.1, 0.15) is 36.3 Å². The Bertz CT molecular complexity index is 263. The van der Waals surface area contributed by atoms with Gasteiger partial charge in [-0.2, -0.15) is 0 Å². The summed E-state index contributed by atoms with van der Waals surface area (Å²) in [5.41, 5.74) is 2.94. The van der Waals surface area contributed by atoms with Crippen molar-refractivity contribution in [1.29, 1.82) is 0 Å². The Labute approximate surface area is 82.1 Å². The molecule has 0 unspecified atom stereocenters. The maximum absolute atomic E-state index is 3.48. The SMILES string of the molecule is BrCc1cccc(C2CCC2)c1. The molecule has 1 aliphatic carbocycles. The van der Waals surface area contributed by atoms with Crippen LogP contribution in [-0.4, -0.2) is 0 Å². The van der Waals surface area contributed by atoms with Crippen molar-refractivity contribution >= 4 is 15.9 Å². The van der Waals surface area contributed by atoms with Gasteiger partial charge in [0, 0.05) is 5.33 Å². The van der Waals surface area contributed by atoms with E-state index in [0.29, 0.717) is 0 Å². The summed E-state index contributed by atoms with van der Waals surface area (Å²) in [4.78, 5) is 0. The van der Waals surface area contributed by atoms with Crippen molar-refractivity contribution in [3.05, 3.63) is 35.4 Å². The van der Waals surface area contributed by atoms with Gasteiger partial charge >= 0.3 is 0 Å². The molecule has 0 N–H and O–H groups in total. The van der Waals surface area contributed by atoms with Gasteiger partial charge in [0.1, 0.15) is 0 Å². The number of hydrogen-bond acceptors (Lipinski definition) is 0. The zero-order chi connectivity index (χ0) is 8.39. The maximum atomic E-state index is 3.48. The quantitative estimate of drug-likeness (QED) is 0.670. The summed E-state index contributed by atoms with van der Waals surface area (Å²) >= 11 is 3.48. The summed E-state index contributed by atoms with van der Waals surface area (Å²) in [7, 11) is 0. The molecule has 0 saturated heterocycles. The molecule has 12 heavy (non-hydrogen) atoms. The van der Waals surface area contributed by atoms with Crippen LogP contribution in [0, 0.1) is 0 Å². The molecule has 0 aromatic heterocycles. The molecular weight excluding hydrogens is 212 g/mol. The van der Waals surface area contributed by atoms with Crippen molar-refractivity contribution < 1.29 is 0 Å². The Morgan fingerprint density at radius 3 is 2.75 bits per heavy atom. The lowest BCUT2D eigenvalue weighted by Gasteiger charge is -2.26. The summed E-state index contributed by atoms with van der Waals surface area (Å²) in [5, 5.41) is 0.980. The lowest BCUT2D eigenvalue weighted by molar-refractivity contribution is 0.419. The molecule has 0 bridgehead atoms. The standard InChI is InChI=1S/C11H13Br/c12-8-9-3-1-6-11(7-9)10-4-2-5-10/h1,3,6-7,10H,2,4-5,8H2. The number of alkyl halides is 1. The third-order valence-electron chi connectivity index (χ3n) is 2.68. The van der Waals surface area contributed by atoms with Gasteiger partial charge in [0.05, 0.1) is 0 Å². The molecule has 1 aromatic carbocycles. The molecule has 0 amide bonds. The molecule has 1 aliphatic rings. The fraction of sp³-hybridized carbons (Fsp3) is 0.455. The van der Waals surface area contributed by atoms with Crippen molar-refractivity contribution in [1.82, 2.24) is 0 Å². The molecule has 1 fully saturated rings. The molecular formula is C11H13Br. The first kappa shape index (κ1) is 8.31. The van der Waals surface area contributed by atoms with E-state index in [1.54, 1.807) is 5.56 Å². The van der Waals surface area contributed by atoms with Crippen molar-refractivity contribution in [2.24, 2.45) is 0 Å². The van der Waals surface area contributed by atoms with Crippen molar-refractivity contribution in [2.45, 2.75) is 30.5 Å². The van der Waals surface area contributed by atoms with Gasteiger partial charge in [-0.25, -0.2) is 0 Å². The van der Waals surface area contributed by atoms with E-state index in [0.717, 1.165) is 11.2 Å². The minimum absolute atomic E-state index is 0.865. The minimum Gasteiger partial charge on any atom is -0.0876 e. The van der Waals surface area contributed by atoms with Crippen molar-refractivity contribution in [2.75, 3.05) is 0 Å². The number of rotatable bonds is 2. The van der Waals surface area contributed by atoms with Crippen molar-refractivity contribution in [3.63, 3.8) is 0 Å². The van der Waals surface area contributed by atoms with Crippen LogP contribution in [0.4, 0.5) is 0 Å². The monoisotopic (exact) mass is 224 g/mol. The number of benzene rings is 1. The van der Waals surface area contributed by atoms with E-state index in [9.17, 15) is 0 Å². The Morgan fingerprint density at radius 1 is 1.33 bits per heavy atom. The number of halogens is 1.